The van der Waals surface area contributed by atoms with Crippen LogP contribution in [0, 0.1) is 23.4 Å². The predicted molar refractivity (Wildman–Crippen MR) is 154 cm³/mol. The van der Waals surface area contributed by atoms with Crippen molar-refractivity contribution in [3.63, 3.8) is 0 Å². The number of piperidine rings is 1. The summed E-state index contributed by atoms with van der Waals surface area (Å²) in [5.74, 6) is -8.81. The molecule has 5 rings (SSSR count). The van der Waals surface area contributed by atoms with Crippen LogP contribution in [0.25, 0.3) is 10.6 Å². The van der Waals surface area contributed by atoms with Crippen molar-refractivity contribution in [1.29, 1.82) is 0 Å². The van der Waals surface area contributed by atoms with E-state index in [9.17, 15) is 31.1 Å². The molecule has 1 fully saturated rings. The van der Waals surface area contributed by atoms with Crippen molar-refractivity contribution >= 4 is 23.5 Å². The highest BCUT2D eigenvalue weighted by molar-refractivity contribution is 7.15. The molecule has 2 aliphatic rings. The number of nitrogens with zero attached hydrogens (tertiary/aromatic N) is 3. The molecule has 3 aromatic rings. The third kappa shape index (κ3) is 7.24. The van der Waals surface area contributed by atoms with Crippen LogP contribution in [0.1, 0.15) is 54.0 Å². The van der Waals surface area contributed by atoms with Gasteiger partial charge in [-0.3, -0.25) is 9.69 Å². The first-order valence-corrected chi connectivity index (χ1v) is 15.3. The first-order valence-electron chi connectivity index (χ1n) is 14.5. The molecule has 0 radical (unpaired) electrons. The van der Waals surface area contributed by atoms with Crippen molar-refractivity contribution < 1.29 is 58.6 Å². The van der Waals surface area contributed by atoms with Crippen LogP contribution in [0.3, 0.4) is 0 Å². The number of likely N-dealkylation sites (tertiary alicyclic amines) is 1. The largest absolute Gasteiger partial charge is 0.493 e. The van der Waals surface area contributed by atoms with Gasteiger partial charge in [0.25, 0.3) is 0 Å². The number of hydrogen-bond acceptors (Lipinski definition) is 9. The van der Waals surface area contributed by atoms with E-state index in [0.29, 0.717) is 0 Å². The van der Waals surface area contributed by atoms with E-state index in [4.69, 9.17) is 14.3 Å². The average molecular weight is 711 g/mol. The number of halogens is 9. The summed E-state index contributed by atoms with van der Waals surface area (Å²) in [6.07, 6.45) is -11.6. The fourth-order valence-electron chi connectivity index (χ4n) is 5.34. The second-order valence-electron chi connectivity index (χ2n) is 10.9. The van der Waals surface area contributed by atoms with Gasteiger partial charge in [0.1, 0.15) is 16.7 Å². The number of hydrogen-bond donors (Lipinski definition) is 1. The Morgan fingerprint density at radius 1 is 1.04 bits per heavy atom. The normalized spacial score (nSPS) is 18.4. The molecule has 18 heteroatoms. The van der Waals surface area contributed by atoms with E-state index in [1.54, 1.807) is 11.8 Å². The molecule has 1 saturated heterocycles. The highest BCUT2D eigenvalue weighted by Crippen LogP contribution is 2.43. The van der Waals surface area contributed by atoms with Crippen molar-refractivity contribution in [3.8, 4) is 22.1 Å². The number of aromatic nitrogens is 1. The van der Waals surface area contributed by atoms with Crippen molar-refractivity contribution in [1.82, 2.24) is 15.4 Å². The number of benzene rings is 2. The molecule has 1 N–H and O–H groups in total. The highest BCUT2D eigenvalue weighted by atomic mass is 32.1. The Kier molecular flexibility index (Phi) is 10.3. The van der Waals surface area contributed by atoms with E-state index in [1.807, 2.05) is 0 Å². The Balaban J connectivity index is 1.51. The number of carbonyl (C=O) groups is 1. The number of amidine groups is 1. The molecule has 260 valence electrons. The minimum absolute atomic E-state index is 0.00187. The van der Waals surface area contributed by atoms with Crippen molar-refractivity contribution in [2.24, 2.45) is 10.9 Å². The minimum Gasteiger partial charge on any atom is -0.493 e. The van der Waals surface area contributed by atoms with Gasteiger partial charge in [0, 0.05) is 12.1 Å². The van der Waals surface area contributed by atoms with Gasteiger partial charge in [0.05, 0.1) is 29.2 Å². The van der Waals surface area contributed by atoms with Gasteiger partial charge in [-0.15, -0.1) is 11.3 Å². The minimum atomic E-state index is -4.59. The van der Waals surface area contributed by atoms with Gasteiger partial charge >= 0.3 is 12.4 Å². The Morgan fingerprint density at radius 2 is 1.71 bits per heavy atom. The lowest BCUT2D eigenvalue weighted by Gasteiger charge is -2.32. The van der Waals surface area contributed by atoms with Gasteiger partial charge in [-0.05, 0) is 44.5 Å². The summed E-state index contributed by atoms with van der Waals surface area (Å²) < 4.78 is 137. The lowest BCUT2D eigenvalue weighted by atomic mass is 9.96. The van der Waals surface area contributed by atoms with Crippen molar-refractivity contribution in [2.45, 2.75) is 57.4 Å². The zero-order chi connectivity index (χ0) is 35.0. The maximum absolute atomic E-state index is 15.8. The van der Waals surface area contributed by atoms with Gasteiger partial charge in [-0.2, -0.15) is 35.1 Å². The molecule has 2 atom stereocenters. The third-order valence-corrected chi connectivity index (χ3v) is 9.10. The zero-order valence-electron chi connectivity index (χ0n) is 25.1. The number of rotatable bonds is 10. The lowest BCUT2D eigenvalue weighted by molar-refractivity contribution is -0.185. The van der Waals surface area contributed by atoms with Crippen LogP contribution in [-0.4, -0.2) is 54.6 Å². The first-order chi connectivity index (χ1) is 22.7. The van der Waals surface area contributed by atoms with E-state index in [-0.39, 0.29) is 66.3 Å². The second-order valence-corrected chi connectivity index (χ2v) is 11.9. The number of aliphatic imine (C=N–C) groups is 1. The number of alkyl halides is 6. The molecule has 8 nitrogen and oxygen atoms in total. The van der Waals surface area contributed by atoms with Crippen LogP contribution in [0.4, 0.5) is 39.5 Å². The topological polar surface area (TPSA) is 85.3 Å². The van der Waals surface area contributed by atoms with Crippen LogP contribution in [0.5, 0.6) is 11.5 Å². The molecule has 0 amide bonds. The molecule has 2 unspecified atom stereocenters. The van der Waals surface area contributed by atoms with E-state index < -0.39 is 76.5 Å². The number of hydroxylamine groups is 1. The first kappa shape index (κ1) is 35.4. The molecule has 2 aromatic carbocycles. The molecule has 48 heavy (non-hydrogen) atoms. The molecule has 3 heterocycles. The Hall–Kier alpha value is -3.90. The third-order valence-electron chi connectivity index (χ3n) is 7.86. The maximum Gasteiger partial charge on any atom is 0.416 e. The van der Waals surface area contributed by atoms with Gasteiger partial charge in [-0.25, -0.2) is 24.7 Å². The van der Waals surface area contributed by atoms with Gasteiger partial charge in [-0.1, -0.05) is 19.1 Å². The number of carbonyl (C=O) groups excluding carboxylic acids is 1. The summed E-state index contributed by atoms with van der Waals surface area (Å²) in [7, 11) is 0.980. The number of methoxy groups -OCH3 is 1. The Labute approximate surface area is 271 Å². The summed E-state index contributed by atoms with van der Waals surface area (Å²) in [4.78, 5) is 26.0. The fourth-order valence-corrected chi connectivity index (χ4v) is 6.54. The van der Waals surface area contributed by atoms with Crippen LogP contribution >= 0.6 is 11.3 Å². The predicted octanol–water partition coefficient (Wildman–Crippen LogP) is 7.37. The quantitative estimate of drug-likeness (QED) is 0.134. The molecule has 0 bridgehead atoms. The molecule has 2 aliphatic heterocycles. The molecular weight excluding hydrogens is 683 g/mol. The average Bonchev–Trinajstić information content (AvgIpc) is 3.70. The second kappa shape index (κ2) is 13.9. The number of aldehydes is 1. The summed E-state index contributed by atoms with van der Waals surface area (Å²) >= 11 is 0.951. The zero-order valence-corrected chi connectivity index (χ0v) is 26.0. The maximum atomic E-state index is 15.8. The van der Waals surface area contributed by atoms with Crippen LogP contribution in [0.2, 0.25) is 0 Å². The van der Waals surface area contributed by atoms with E-state index >= 15 is 13.2 Å². The number of ether oxygens (including phenoxy) is 2. The Bertz CT molecular complexity index is 1670. The van der Waals surface area contributed by atoms with Gasteiger partial charge in [0.15, 0.2) is 29.4 Å². The lowest BCUT2D eigenvalue weighted by Crippen LogP contribution is -2.38. The van der Waals surface area contributed by atoms with E-state index in [0.717, 1.165) is 30.6 Å². The molecule has 1 aromatic heterocycles. The van der Waals surface area contributed by atoms with Crippen LogP contribution < -0.4 is 15.0 Å². The summed E-state index contributed by atoms with van der Waals surface area (Å²) in [5, 5.41) is 0.219. The van der Waals surface area contributed by atoms with E-state index in [1.165, 1.54) is 12.1 Å². The summed E-state index contributed by atoms with van der Waals surface area (Å²) in [6, 6.07) is 4.11. The van der Waals surface area contributed by atoms with Crippen LogP contribution in [-0.2, 0) is 22.4 Å². The highest BCUT2D eigenvalue weighted by Gasteiger charge is 2.41. The summed E-state index contributed by atoms with van der Waals surface area (Å²) in [6.45, 7) is 1.72. The molecule has 0 spiro atoms. The van der Waals surface area contributed by atoms with Gasteiger partial charge in [0.2, 0.25) is 17.9 Å². The molecule has 0 saturated carbocycles. The van der Waals surface area contributed by atoms with Crippen molar-refractivity contribution in [3.05, 3.63) is 63.4 Å². The SMILES string of the molecule is CCC(Oc1c(F)c(F)c(C2=NC(C=O)ON2)c(OC)c1F)c1sc(-c2ccc(C(F)(F)F)cc2)nc1CN1CCC(C(F)(F)F)CC1. The molecular formula is C30H27F9N4O4S. The standard InChI is InChI=1S/C30H27F9N4O4S/c1-3-18(46-25-22(32)21(31)20(24(45-2)23(25)33)27-41-19(13-44)47-42-27)26-17(12-43-10-8-16(9-11-43)30(37,38)39)40-28(48-26)14-4-6-15(7-5-14)29(34,35)36/h4-7,13,16,18-19H,3,8-12H2,1-2H3,(H,41,42). The Morgan fingerprint density at radius 3 is 2.25 bits per heavy atom. The smallest absolute Gasteiger partial charge is 0.416 e. The summed E-state index contributed by atoms with van der Waals surface area (Å²) in [5.41, 5.74) is 0.955. The number of thiazole rings is 1. The monoisotopic (exact) mass is 710 g/mol. The van der Waals surface area contributed by atoms with Crippen molar-refractivity contribution in [2.75, 3.05) is 20.2 Å². The van der Waals surface area contributed by atoms with Crippen LogP contribution in [0.15, 0.2) is 29.3 Å². The van der Waals surface area contributed by atoms with E-state index in [2.05, 4.69) is 15.5 Å². The van der Waals surface area contributed by atoms with Gasteiger partial charge < -0.3 is 9.47 Å². The molecule has 0 aliphatic carbocycles. The fraction of sp³-hybridized carbons (Fsp3) is 0.433. The number of nitrogens with one attached hydrogen (secondary N) is 1.